The fourth-order valence-electron chi connectivity index (χ4n) is 6.23. The second kappa shape index (κ2) is 7.32. The van der Waals surface area contributed by atoms with E-state index in [1.54, 1.807) is 0 Å². The van der Waals surface area contributed by atoms with Crippen LogP contribution in [0.15, 0.2) is 113 Å². The summed E-state index contributed by atoms with van der Waals surface area (Å²) in [6, 6.07) is 33.6. The van der Waals surface area contributed by atoms with Crippen LogP contribution in [0.2, 0.25) is 0 Å². The zero-order chi connectivity index (χ0) is 22.9. The van der Waals surface area contributed by atoms with Crippen LogP contribution >= 0.6 is 15.9 Å². The number of halogens is 1. The summed E-state index contributed by atoms with van der Waals surface area (Å²) in [6.07, 6.45) is 6.06. The number of H-pyrrole nitrogens is 1. The number of rotatable bonds is 2. The van der Waals surface area contributed by atoms with E-state index in [0.717, 1.165) is 16.4 Å². The first-order chi connectivity index (χ1) is 16.7. The molecule has 0 saturated heterocycles. The summed E-state index contributed by atoms with van der Waals surface area (Å²) in [7, 11) is 0. The molecule has 0 amide bonds. The molecule has 0 fully saturated rings. The summed E-state index contributed by atoms with van der Waals surface area (Å²) < 4.78 is 1.09. The van der Waals surface area contributed by atoms with E-state index in [-0.39, 0.29) is 5.41 Å². The second-order valence-electron chi connectivity index (χ2n) is 9.65. The SMILES string of the molecule is CC1C=C2C(=CC1)C(c1ccccc1)(c1ccc3c(c1)[nH]c1cc(Br)ccc13)c1ccccc12. The largest absolute Gasteiger partial charge is 0.354 e. The van der Waals surface area contributed by atoms with Gasteiger partial charge in [0.05, 0.1) is 5.41 Å². The molecule has 34 heavy (non-hydrogen) atoms. The molecule has 0 aliphatic heterocycles. The Morgan fingerprint density at radius 1 is 0.794 bits per heavy atom. The van der Waals surface area contributed by atoms with Gasteiger partial charge in [-0.3, -0.25) is 0 Å². The molecule has 0 bridgehead atoms. The van der Waals surface area contributed by atoms with Crippen molar-refractivity contribution in [2.75, 3.05) is 0 Å². The quantitative estimate of drug-likeness (QED) is 0.248. The van der Waals surface area contributed by atoms with Gasteiger partial charge in [-0.2, -0.15) is 0 Å². The van der Waals surface area contributed by atoms with Gasteiger partial charge < -0.3 is 4.98 Å². The summed E-state index contributed by atoms with van der Waals surface area (Å²) in [5.41, 5.74) is 10.2. The summed E-state index contributed by atoms with van der Waals surface area (Å²) in [5, 5.41) is 2.53. The van der Waals surface area contributed by atoms with Crippen LogP contribution in [0.4, 0.5) is 0 Å². The average Bonchev–Trinajstić information content (AvgIpc) is 3.37. The van der Waals surface area contributed by atoms with Crippen molar-refractivity contribution in [2.24, 2.45) is 5.92 Å². The van der Waals surface area contributed by atoms with Gasteiger partial charge in [-0.15, -0.1) is 0 Å². The van der Waals surface area contributed by atoms with Crippen molar-refractivity contribution < 1.29 is 0 Å². The summed E-state index contributed by atoms with van der Waals surface area (Å²) >= 11 is 3.62. The van der Waals surface area contributed by atoms with Gasteiger partial charge in [-0.25, -0.2) is 0 Å². The van der Waals surface area contributed by atoms with Gasteiger partial charge in [0.2, 0.25) is 0 Å². The molecule has 0 saturated carbocycles. The molecule has 1 N–H and O–H groups in total. The molecule has 164 valence electrons. The minimum absolute atomic E-state index is 0.324. The third-order valence-electron chi connectivity index (χ3n) is 7.66. The molecular formula is C32H24BrN. The van der Waals surface area contributed by atoms with Crippen LogP contribution in [0, 0.1) is 5.92 Å². The van der Waals surface area contributed by atoms with Crippen LogP contribution in [-0.2, 0) is 5.41 Å². The van der Waals surface area contributed by atoms with Crippen LogP contribution in [0.3, 0.4) is 0 Å². The standard InChI is InChI=1S/C32H24BrN/c1-20-11-16-29-27(17-20)24-9-5-6-10-28(24)32(29,21-7-3-2-4-8-21)22-12-14-25-26-15-13-23(33)19-31(26)34-30(25)18-22/h2-10,12-20,34H,11H2,1H3. The molecule has 2 heteroatoms. The van der Waals surface area contributed by atoms with E-state index in [9.17, 15) is 0 Å². The number of benzene rings is 4. The van der Waals surface area contributed by atoms with Gasteiger partial charge in [-0.05, 0) is 63.9 Å². The van der Waals surface area contributed by atoms with E-state index in [0.29, 0.717) is 5.92 Å². The molecule has 5 aromatic rings. The summed E-state index contributed by atoms with van der Waals surface area (Å²) in [4.78, 5) is 3.69. The van der Waals surface area contributed by atoms with Gasteiger partial charge in [-0.1, -0.05) is 108 Å². The lowest BCUT2D eigenvalue weighted by atomic mass is 9.66. The van der Waals surface area contributed by atoms with Crippen molar-refractivity contribution in [2.45, 2.75) is 18.8 Å². The fourth-order valence-corrected chi connectivity index (χ4v) is 6.59. The first kappa shape index (κ1) is 20.1. The van der Waals surface area contributed by atoms with E-state index < -0.39 is 0 Å². The fraction of sp³-hybridized carbons (Fsp3) is 0.125. The lowest BCUT2D eigenvalue weighted by molar-refractivity contribution is 0.705. The zero-order valence-electron chi connectivity index (χ0n) is 19.0. The smallest absolute Gasteiger partial charge is 0.0711 e. The van der Waals surface area contributed by atoms with E-state index in [1.807, 2.05) is 0 Å². The number of allylic oxidation sites excluding steroid dienone is 4. The minimum Gasteiger partial charge on any atom is -0.354 e. The van der Waals surface area contributed by atoms with Crippen molar-refractivity contribution >= 4 is 43.3 Å². The Hall–Kier alpha value is -3.36. The van der Waals surface area contributed by atoms with Crippen molar-refractivity contribution in [1.82, 2.24) is 4.98 Å². The monoisotopic (exact) mass is 501 g/mol. The molecule has 7 rings (SSSR count). The van der Waals surface area contributed by atoms with Gasteiger partial charge in [0.15, 0.2) is 0 Å². The molecule has 2 unspecified atom stereocenters. The van der Waals surface area contributed by atoms with Gasteiger partial charge in [0.25, 0.3) is 0 Å². The van der Waals surface area contributed by atoms with Crippen LogP contribution in [0.5, 0.6) is 0 Å². The number of aromatic amines is 1. The average molecular weight is 502 g/mol. The van der Waals surface area contributed by atoms with Gasteiger partial charge in [0, 0.05) is 26.3 Å². The van der Waals surface area contributed by atoms with E-state index >= 15 is 0 Å². The Morgan fingerprint density at radius 3 is 2.38 bits per heavy atom. The maximum Gasteiger partial charge on any atom is 0.0711 e. The third kappa shape index (κ3) is 2.66. The van der Waals surface area contributed by atoms with Crippen LogP contribution in [0.1, 0.15) is 35.6 Å². The van der Waals surface area contributed by atoms with E-state index in [4.69, 9.17) is 0 Å². The van der Waals surface area contributed by atoms with E-state index in [2.05, 4.69) is 131 Å². The molecule has 1 heterocycles. The molecule has 4 aromatic carbocycles. The molecule has 0 spiro atoms. The second-order valence-corrected chi connectivity index (χ2v) is 10.6. The molecule has 2 aliphatic carbocycles. The number of nitrogens with one attached hydrogen (secondary N) is 1. The number of aromatic nitrogens is 1. The van der Waals surface area contributed by atoms with Gasteiger partial charge >= 0.3 is 0 Å². The highest BCUT2D eigenvalue weighted by atomic mass is 79.9. The highest BCUT2D eigenvalue weighted by molar-refractivity contribution is 9.10. The van der Waals surface area contributed by atoms with Crippen molar-refractivity contribution in [3.05, 3.63) is 135 Å². The normalized spacial score (nSPS) is 21.3. The maximum absolute atomic E-state index is 3.69. The zero-order valence-corrected chi connectivity index (χ0v) is 20.6. The van der Waals surface area contributed by atoms with Crippen molar-refractivity contribution in [1.29, 1.82) is 0 Å². The van der Waals surface area contributed by atoms with Crippen molar-refractivity contribution in [3.63, 3.8) is 0 Å². The number of hydrogen-bond acceptors (Lipinski definition) is 0. The van der Waals surface area contributed by atoms with Crippen LogP contribution in [-0.4, -0.2) is 4.98 Å². The molecule has 1 nitrogen and oxygen atoms in total. The third-order valence-corrected chi connectivity index (χ3v) is 8.15. The molecule has 0 radical (unpaired) electrons. The van der Waals surface area contributed by atoms with E-state index in [1.165, 1.54) is 49.7 Å². The highest BCUT2D eigenvalue weighted by Crippen LogP contribution is 2.58. The molecule has 1 aromatic heterocycles. The minimum atomic E-state index is -0.324. The number of fused-ring (bicyclic) bond motifs is 6. The summed E-state index contributed by atoms with van der Waals surface area (Å²) in [6.45, 7) is 2.32. The lowest BCUT2D eigenvalue weighted by Gasteiger charge is -2.35. The lowest BCUT2D eigenvalue weighted by Crippen LogP contribution is -2.29. The molecule has 2 atom stereocenters. The Bertz CT molecular complexity index is 1650. The first-order valence-electron chi connectivity index (χ1n) is 12.0. The molecular weight excluding hydrogens is 478 g/mol. The Balaban J connectivity index is 1.59. The Labute approximate surface area is 208 Å². The van der Waals surface area contributed by atoms with Crippen LogP contribution < -0.4 is 0 Å². The predicted molar refractivity (Wildman–Crippen MR) is 146 cm³/mol. The summed E-state index contributed by atoms with van der Waals surface area (Å²) in [5.74, 6) is 0.549. The van der Waals surface area contributed by atoms with Crippen molar-refractivity contribution in [3.8, 4) is 0 Å². The Kier molecular flexibility index (Phi) is 4.32. The van der Waals surface area contributed by atoms with Gasteiger partial charge in [0.1, 0.15) is 0 Å². The van der Waals surface area contributed by atoms with Crippen LogP contribution in [0.25, 0.3) is 27.4 Å². The topological polar surface area (TPSA) is 15.8 Å². The molecule has 2 aliphatic rings. The highest BCUT2D eigenvalue weighted by Gasteiger charge is 2.48. The Morgan fingerprint density at radius 2 is 1.53 bits per heavy atom. The predicted octanol–water partition coefficient (Wildman–Crippen LogP) is 8.78. The first-order valence-corrected chi connectivity index (χ1v) is 12.8. The number of hydrogen-bond donors (Lipinski definition) is 1. The maximum atomic E-state index is 3.69.